The lowest BCUT2D eigenvalue weighted by Crippen LogP contribution is -2.04. The SMILES string of the molecule is COc1ccc(C(=O)/C=C/[C@H]2[C@@H](C(=O)c3ccc(OC)cc3)[C@@H]2c2ccccc2)cc1. The van der Waals surface area contributed by atoms with Crippen molar-refractivity contribution in [3.63, 3.8) is 0 Å². The largest absolute Gasteiger partial charge is 0.497 e. The van der Waals surface area contributed by atoms with E-state index in [1.807, 2.05) is 36.4 Å². The van der Waals surface area contributed by atoms with Crippen molar-refractivity contribution in [2.24, 2.45) is 11.8 Å². The molecule has 0 radical (unpaired) electrons. The summed E-state index contributed by atoms with van der Waals surface area (Å²) in [7, 11) is 3.19. The first-order chi connectivity index (χ1) is 15.1. The number of rotatable bonds is 8. The highest BCUT2D eigenvalue weighted by Crippen LogP contribution is 2.56. The highest BCUT2D eigenvalue weighted by molar-refractivity contribution is 6.05. The summed E-state index contributed by atoms with van der Waals surface area (Å²) >= 11 is 0. The van der Waals surface area contributed by atoms with Crippen LogP contribution in [0.2, 0.25) is 0 Å². The number of carbonyl (C=O) groups excluding carboxylic acids is 2. The molecule has 0 spiro atoms. The molecule has 0 bridgehead atoms. The van der Waals surface area contributed by atoms with E-state index < -0.39 is 0 Å². The van der Waals surface area contributed by atoms with Crippen molar-refractivity contribution in [1.29, 1.82) is 0 Å². The fraction of sp³-hybridized carbons (Fsp3) is 0.185. The van der Waals surface area contributed by atoms with E-state index in [0.717, 1.165) is 5.56 Å². The monoisotopic (exact) mass is 412 g/mol. The van der Waals surface area contributed by atoms with E-state index in [-0.39, 0.29) is 29.3 Å². The lowest BCUT2D eigenvalue weighted by molar-refractivity contribution is 0.0960. The number of allylic oxidation sites excluding steroid dienone is 2. The first-order valence-electron chi connectivity index (χ1n) is 10.2. The van der Waals surface area contributed by atoms with Crippen LogP contribution in [0, 0.1) is 11.8 Å². The quantitative estimate of drug-likeness (QED) is 0.369. The average molecular weight is 412 g/mol. The summed E-state index contributed by atoms with van der Waals surface area (Å²) in [6, 6.07) is 24.2. The molecule has 156 valence electrons. The average Bonchev–Trinajstić information content (AvgIpc) is 3.57. The molecule has 1 aliphatic rings. The molecule has 1 saturated carbocycles. The Morgan fingerprint density at radius 2 is 1.29 bits per heavy atom. The van der Waals surface area contributed by atoms with E-state index in [0.29, 0.717) is 22.6 Å². The van der Waals surface area contributed by atoms with Crippen LogP contribution in [0.3, 0.4) is 0 Å². The fourth-order valence-electron chi connectivity index (χ4n) is 4.01. The molecule has 4 rings (SSSR count). The van der Waals surface area contributed by atoms with Gasteiger partial charge in [-0.2, -0.15) is 0 Å². The van der Waals surface area contributed by atoms with Crippen LogP contribution in [-0.4, -0.2) is 25.8 Å². The number of hydrogen-bond acceptors (Lipinski definition) is 4. The van der Waals surface area contributed by atoms with Crippen molar-refractivity contribution in [2.75, 3.05) is 14.2 Å². The molecule has 0 saturated heterocycles. The molecule has 4 nitrogen and oxygen atoms in total. The number of hydrogen-bond donors (Lipinski definition) is 0. The van der Waals surface area contributed by atoms with E-state index in [4.69, 9.17) is 9.47 Å². The Bertz CT molecular complexity index is 1080. The van der Waals surface area contributed by atoms with Crippen LogP contribution in [0.25, 0.3) is 0 Å². The molecule has 0 unspecified atom stereocenters. The predicted molar refractivity (Wildman–Crippen MR) is 120 cm³/mol. The van der Waals surface area contributed by atoms with Gasteiger partial charge in [-0.1, -0.05) is 36.4 Å². The smallest absolute Gasteiger partial charge is 0.185 e. The summed E-state index contributed by atoms with van der Waals surface area (Å²) in [6.45, 7) is 0. The zero-order valence-electron chi connectivity index (χ0n) is 17.5. The molecule has 1 aliphatic carbocycles. The Labute approximate surface area is 182 Å². The van der Waals surface area contributed by atoms with Crippen molar-refractivity contribution in [3.8, 4) is 11.5 Å². The first kappa shape index (κ1) is 20.6. The first-order valence-corrected chi connectivity index (χ1v) is 10.2. The Morgan fingerprint density at radius 3 is 1.84 bits per heavy atom. The molecule has 0 amide bonds. The summed E-state index contributed by atoms with van der Waals surface area (Å²) in [4.78, 5) is 25.8. The summed E-state index contributed by atoms with van der Waals surface area (Å²) in [5, 5.41) is 0. The Balaban J connectivity index is 1.55. The van der Waals surface area contributed by atoms with Gasteiger partial charge in [0.2, 0.25) is 0 Å². The molecule has 3 aromatic carbocycles. The van der Waals surface area contributed by atoms with Crippen LogP contribution < -0.4 is 9.47 Å². The normalized spacial score (nSPS) is 19.7. The Kier molecular flexibility index (Phi) is 5.99. The van der Waals surface area contributed by atoms with E-state index >= 15 is 0 Å². The molecule has 3 atom stereocenters. The van der Waals surface area contributed by atoms with Crippen molar-refractivity contribution >= 4 is 11.6 Å². The minimum Gasteiger partial charge on any atom is -0.497 e. The van der Waals surface area contributed by atoms with Gasteiger partial charge in [-0.15, -0.1) is 0 Å². The molecular weight excluding hydrogens is 388 g/mol. The van der Waals surface area contributed by atoms with Gasteiger partial charge >= 0.3 is 0 Å². The molecule has 0 aliphatic heterocycles. The van der Waals surface area contributed by atoms with E-state index in [1.165, 1.54) is 0 Å². The van der Waals surface area contributed by atoms with Gasteiger partial charge in [-0.3, -0.25) is 9.59 Å². The Morgan fingerprint density at radius 1 is 0.742 bits per heavy atom. The van der Waals surface area contributed by atoms with Gasteiger partial charge in [0, 0.05) is 23.0 Å². The molecule has 3 aromatic rings. The minimum absolute atomic E-state index is 0.0146. The van der Waals surface area contributed by atoms with Gasteiger partial charge in [0.15, 0.2) is 11.6 Å². The molecular formula is C27H24O4. The van der Waals surface area contributed by atoms with Crippen LogP contribution in [0.15, 0.2) is 91.0 Å². The Hall–Kier alpha value is -3.66. The van der Waals surface area contributed by atoms with Crippen LogP contribution in [0.4, 0.5) is 0 Å². The van der Waals surface area contributed by atoms with Gasteiger partial charge in [-0.25, -0.2) is 0 Å². The topological polar surface area (TPSA) is 52.6 Å². The van der Waals surface area contributed by atoms with Gasteiger partial charge in [-0.05, 0) is 66.1 Å². The van der Waals surface area contributed by atoms with Crippen LogP contribution >= 0.6 is 0 Å². The molecule has 0 heterocycles. The number of methoxy groups -OCH3 is 2. The van der Waals surface area contributed by atoms with E-state index in [2.05, 4.69) is 0 Å². The molecule has 1 fully saturated rings. The highest BCUT2D eigenvalue weighted by Gasteiger charge is 2.53. The molecule has 0 N–H and O–H groups in total. The second-order valence-electron chi connectivity index (χ2n) is 7.58. The summed E-state index contributed by atoms with van der Waals surface area (Å²) in [6.07, 6.45) is 3.47. The zero-order chi connectivity index (χ0) is 21.8. The maximum atomic E-state index is 13.2. The summed E-state index contributed by atoms with van der Waals surface area (Å²) in [5.74, 6) is 1.29. The van der Waals surface area contributed by atoms with Gasteiger partial charge < -0.3 is 9.47 Å². The third-order valence-corrected chi connectivity index (χ3v) is 5.78. The van der Waals surface area contributed by atoms with E-state index in [9.17, 15) is 9.59 Å². The summed E-state index contributed by atoms with van der Waals surface area (Å²) in [5.41, 5.74) is 2.36. The minimum atomic E-state index is -0.185. The lowest BCUT2D eigenvalue weighted by atomic mass is 10.0. The van der Waals surface area contributed by atoms with Crippen molar-refractivity contribution in [3.05, 3.63) is 108 Å². The predicted octanol–water partition coefficient (Wildman–Crippen LogP) is 5.36. The van der Waals surface area contributed by atoms with Crippen LogP contribution in [0.5, 0.6) is 11.5 Å². The second-order valence-corrected chi connectivity index (χ2v) is 7.58. The van der Waals surface area contributed by atoms with Crippen molar-refractivity contribution < 1.29 is 19.1 Å². The number of ketones is 2. The number of carbonyl (C=O) groups is 2. The second kappa shape index (κ2) is 9.00. The van der Waals surface area contributed by atoms with Gasteiger partial charge in [0.25, 0.3) is 0 Å². The van der Waals surface area contributed by atoms with Crippen molar-refractivity contribution in [2.45, 2.75) is 5.92 Å². The molecule has 31 heavy (non-hydrogen) atoms. The lowest BCUT2D eigenvalue weighted by Gasteiger charge is -2.03. The van der Waals surface area contributed by atoms with E-state index in [1.54, 1.807) is 68.8 Å². The molecule has 0 aromatic heterocycles. The molecule has 4 heteroatoms. The number of Topliss-reactive ketones (excluding diaryl/α,β-unsaturated/α-hetero) is 1. The van der Waals surface area contributed by atoms with Gasteiger partial charge in [0.1, 0.15) is 11.5 Å². The third kappa shape index (κ3) is 4.43. The van der Waals surface area contributed by atoms with Crippen LogP contribution in [0.1, 0.15) is 32.2 Å². The summed E-state index contributed by atoms with van der Waals surface area (Å²) < 4.78 is 10.3. The fourth-order valence-corrected chi connectivity index (χ4v) is 4.01. The standard InChI is InChI=1S/C27H24O4/c1-30-21-12-8-18(9-13-21)24(28)17-16-23-25(19-6-4-3-5-7-19)26(23)27(29)20-10-14-22(31-2)15-11-20/h3-17,23,25-26H,1-2H3/b17-16+/t23-,25-,26-/m1/s1. The number of ether oxygens (including phenoxy) is 2. The highest BCUT2D eigenvalue weighted by atomic mass is 16.5. The van der Waals surface area contributed by atoms with Crippen LogP contribution in [-0.2, 0) is 0 Å². The van der Waals surface area contributed by atoms with Crippen molar-refractivity contribution in [1.82, 2.24) is 0 Å². The third-order valence-electron chi connectivity index (χ3n) is 5.78. The maximum Gasteiger partial charge on any atom is 0.185 e. The zero-order valence-corrected chi connectivity index (χ0v) is 17.5. The maximum absolute atomic E-state index is 13.2. The number of benzene rings is 3. The van der Waals surface area contributed by atoms with Gasteiger partial charge in [0.05, 0.1) is 14.2 Å².